The smallest absolute Gasteiger partial charge is 0.322 e. The van der Waals surface area contributed by atoms with Crippen LogP contribution < -0.4 is 10.5 Å². The molecule has 0 aromatic heterocycles. The Morgan fingerprint density at radius 2 is 1.93 bits per heavy atom. The molecule has 1 heterocycles. The second-order valence-corrected chi connectivity index (χ2v) is 2.68. The van der Waals surface area contributed by atoms with Crippen molar-refractivity contribution < 1.29 is 19.7 Å². The van der Waals surface area contributed by atoms with E-state index in [0.717, 1.165) is 11.5 Å². The van der Waals surface area contributed by atoms with E-state index in [4.69, 9.17) is 20.7 Å². The quantitative estimate of drug-likeness (QED) is 0.597. The molecule has 5 heteroatoms. The molecule has 0 saturated heterocycles. The molecule has 0 unspecified atom stereocenters. The molecule has 0 saturated carbocycles. The normalized spacial score (nSPS) is 12.7. The predicted molar refractivity (Wildman–Crippen MR) is 49.2 cm³/mol. The van der Waals surface area contributed by atoms with Gasteiger partial charge in [0.05, 0.1) is 6.61 Å². The van der Waals surface area contributed by atoms with Crippen LogP contribution in [0.4, 0.5) is 0 Å². The Morgan fingerprint density at radius 1 is 1.43 bits per heavy atom. The van der Waals surface area contributed by atoms with Gasteiger partial charge in [-0.05, 0) is 12.1 Å². The van der Waals surface area contributed by atoms with Crippen LogP contribution in [0.25, 0.3) is 0 Å². The molecule has 5 nitrogen and oxygen atoms in total. The zero-order valence-corrected chi connectivity index (χ0v) is 7.38. The van der Waals surface area contributed by atoms with Gasteiger partial charge < -0.3 is 20.7 Å². The van der Waals surface area contributed by atoms with Crippen LogP contribution in [0.2, 0.25) is 0 Å². The minimum absolute atomic E-state index is 0.505. The van der Waals surface area contributed by atoms with Gasteiger partial charge in [-0.1, -0.05) is 12.1 Å². The van der Waals surface area contributed by atoms with Gasteiger partial charge in [0, 0.05) is 0 Å². The maximum Gasteiger partial charge on any atom is 0.322 e. The summed E-state index contributed by atoms with van der Waals surface area (Å²) < 4.78 is 4.94. The highest BCUT2D eigenvalue weighted by molar-refractivity contribution is 5.73. The summed E-state index contributed by atoms with van der Waals surface area (Å²) in [6.07, 6.45) is 0. The van der Waals surface area contributed by atoms with Crippen molar-refractivity contribution in [1.29, 1.82) is 0 Å². The van der Waals surface area contributed by atoms with Gasteiger partial charge in [0.1, 0.15) is 6.04 Å². The molecule has 0 fully saturated rings. The van der Waals surface area contributed by atoms with Crippen LogP contribution in [0.3, 0.4) is 0 Å². The zero-order chi connectivity index (χ0) is 10.6. The molecule has 76 valence electrons. The maximum atomic E-state index is 9.65. The van der Waals surface area contributed by atoms with Crippen LogP contribution >= 0.6 is 0 Å². The Kier molecular flexibility index (Phi) is 3.44. The molecule has 0 bridgehead atoms. The number of rotatable bonds is 2. The van der Waals surface area contributed by atoms with Crippen LogP contribution in [0.5, 0.6) is 11.5 Å². The van der Waals surface area contributed by atoms with Crippen molar-refractivity contribution in [2.45, 2.75) is 6.04 Å². The third-order valence-electron chi connectivity index (χ3n) is 1.54. The van der Waals surface area contributed by atoms with E-state index in [1.807, 2.05) is 24.3 Å². The highest BCUT2D eigenvalue weighted by Gasteiger charge is 2.15. The van der Waals surface area contributed by atoms with E-state index in [9.17, 15) is 4.79 Å². The highest BCUT2D eigenvalue weighted by Crippen LogP contribution is 2.43. The number of hydrogen-bond donors (Lipinski definition) is 3. The monoisotopic (exact) mass is 197 g/mol. The van der Waals surface area contributed by atoms with Crippen molar-refractivity contribution in [2.24, 2.45) is 5.73 Å². The molecular weight excluding hydrogens is 186 g/mol. The third kappa shape index (κ3) is 3.04. The molecule has 1 aromatic carbocycles. The van der Waals surface area contributed by atoms with Gasteiger partial charge in [0.15, 0.2) is 11.5 Å². The number of fused-ring (bicyclic) bond motifs is 1. The number of benzene rings is 1. The van der Waals surface area contributed by atoms with Crippen molar-refractivity contribution in [3.05, 3.63) is 24.3 Å². The van der Waals surface area contributed by atoms with Gasteiger partial charge in [-0.3, -0.25) is 4.79 Å². The zero-order valence-electron chi connectivity index (χ0n) is 7.38. The summed E-state index contributed by atoms with van der Waals surface area (Å²) in [7, 11) is 0. The number of nitrogens with two attached hydrogens (primary N) is 1. The predicted octanol–water partition coefficient (Wildman–Crippen LogP) is 0.183. The molecule has 1 aliphatic rings. The van der Waals surface area contributed by atoms with Crippen LogP contribution in [0.1, 0.15) is 0 Å². The van der Waals surface area contributed by atoms with E-state index in [1.165, 1.54) is 0 Å². The topological polar surface area (TPSA) is 96.1 Å². The fraction of sp³-hybridized carbons (Fsp3) is 0.222. The first-order valence-electron chi connectivity index (χ1n) is 4.01. The van der Waals surface area contributed by atoms with Crippen molar-refractivity contribution in [2.75, 3.05) is 6.61 Å². The second kappa shape index (κ2) is 4.59. The van der Waals surface area contributed by atoms with Crippen LogP contribution in [0, 0.1) is 0 Å². The van der Waals surface area contributed by atoms with Gasteiger partial charge in [0.2, 0.25) is 0 Å². The molecule has 1 aromatic rings. The van der Waals surface area contributed by atoms with Crippen LogP contribution in [-0.2, 0) is 4.79 Å². The Hall–Kier alpha value is -1.59. The number of aliphatic hydroxyl groups is 1. The Bertz CT molecular complexity index is 305. The van der Waals surface area contributed by atoms with Crippen molar-refractivity contribution in [3.8, 4) is 11.5 Å². The van der Waals surface area contributed by atoms with Gasteiger partial charge in [-0.25, -0.2) is 0 Å². The molecule has 1 aliphatic heterocycles. The lowest BCUT2D eigenvalue weighted by atomic mass is 10.3. The molecule has 2 rings (SSSR count). The molecular formula is C9H11NO4. The van der Waals surface area contributed by atoms with Gasteiger partial charge >= 0.3 is 5.97 Å². The highest BCUT2D eigenvalue weighted by atomic mass is 16.6. The number of carbonyl (C=O) groups is 1. The summed E-state index contributed by atoms with van der Waals surface area (Å²) in [4.78, 5) is 9.65. The van der Waals surface area contributed by atoms with Crippen molar-refractivity contribution in [1.82, 2.24) is 0 Å². The molecule has 4 N–H and O–H groups in total. The Morgan fingerprint density at radius 3 is 2.14 bits per heavy atom. The van der Waals surface area contributed by atoms with E-state index in [1.54, 1.807) is 0 Å². The number of para-hydroxylation sites is 2. The first-order chi connectivity index (χ1) is 6.65. The first-order valence-corrected chi connectivity index (χ1v) is 4.01. The summed E-state index contributed by atoms with van der Waals surface area (Å²) in [6, 6.07) is 6.71. The number of aliphatic hydroxyl groups excluding tert-OH is 1. The largest absolute Gasteiger partial charge is 0.480 e. The molecule has 0 radical (unpaired) electrons. The molecule has 14 heavy (non-hydrogen) atoms. The number of aliphatic carboxylic acids is 1. The van der Waals surface area contributed by atoms with Crippen LogP contribution in [-0.4, -0.2) is 28.8 Å². The Balaban J connectivity index is 0.000000140. The molecule has 1 atom stereocenters. The lowest BCUT2D eigenvalue weighted by molar-refractivity contribution is -0.139. The summed E-state index contributed by atoms with van der Waals surface area (Å²) in [5, 5.41) is 15.9. The van der Waals surface area contributed by atoms with E-state index < -0.39 is 18.6 Å². The van der Waals surface area contributed by atoms with E-state index >= 15 is 0 Å². The first kappa shape index (κ1) is 10.5. The fourth-order valence-electron chi connectivity index (χ4n) is 0.689. The third-order valence-corrected chi connectivity index (χ3v) is 1.54. The van der Waals surface area contributed by atoms with Crippen LogP contribution in [0.15, 0.2) is 24.3 Å². The SMILES string of the molecule is N[C@@H](CO)C(=O)O.c1ccc2c(c1)O2. The fourth-order valence-corrected chi connectivity index (χ4v) is 0.689. The van der Waals surface area contributed by atoms with E-state index in [2.05, 4.69) is 0 Å². The molecule has 0 amide bonds. The summed E-state index contributed by atoms with van der Waals surface area (Å²) in [6.45, 7) is -0.505. The number of carboxylic acid groups (broad SMARTS) is 1. The summed E-state index contributed by atoms with van der Waals surface area (Å²) >= 11 is 0. The van der Waals surface area contributed by atoms with Gasteiger partial charge in [-0.15, -0.1) is 0 Å². The van der Waals surface area contributed by atoms with Crippen molar-refractivity contribution >= 4 is 5.97 Å². The lowest BCUT2D eigenvalue weighted by Gasteiger charge is -1.96. The average Bonchev–Trinajstić information content (AvgIpc) is 2.96. The van der Waals surface area contributed by atoms with Crippen molar-refractivity contribution in [3.63, 3.8) is 0 Å². The minimum Gasteiger partial charge on any atom is -0.480 e. The average molecular weight is 197 g/mol. The van der Waals surface area contributed by atoms with E-state index in [-0.39, 0.29) is 0 Å². The summed E-state index contributed by atoms with van der Waals surface area (Å²) in [5.41, 5.74) is 4.77. The number of hydrogen-bond acceptors (Lipinski definition) is 4. The number of carboxylic acids is 1. The molecule has 0 spiro atoms. The number of ether oxygens (including phenoxy) is 1. The minimum atomic E-state index is -1.18. The lowest BCUT2D eigenvalue weighted by Crippen LogP contribution is -2.33. The van der Waals surface area contributed by atoms with Gasteiger partial charge in [0.25, 0.3) is 0 Å². The van der Waals surface area contributed by atoms with Gasteiger partial charge in [-0.2, -0.15) is 0 Å². The summed E-state index contributed by atoms with van der Waals surface area (Å²) in [5.74, 6) is 0.882. The maximum absolute atomic E-state index is 9.65. The standard InChI is InChI=1S/C6H4O.C3H7NO3/c1-2-4-6-5(3-1)7-6;4-2(1-5)3(6)7/h1-4H;2,5H,1,4H2,(H,6,7)/t;2-/m.0/s1. The Labute approximate surface area is 80.7 Å². The second-order valence-electron chi connectivity index (χ2n) is 2.68. The van der Waals surface area contributed by atoms with E-state index in [0.29, 0.717) is 0 Å². The molecule has 0 aliphatic carbocycles.